The van der Waals surface area contributed by atoms with Crippen LogP contribution in [0.3, 0.4) is 0 Å². The first-order valence-corrected chi connectivity index (χ1v) is 9.18. The average molecular weight is 378 g/mol. The molecule has 2 rings (SSSR count). The second-order valence-corrected chi connectivity index (χ2v) is 6.30. The van der Waals surface area contributed by atoms with Crippen molar-refractivity contribution < 1.29 is 19.1 Å². The zero-order valence-electron chi connectivity index (χ0n) is 15.2. The molecule has 0 aliphatic rings. The Morgan fingerprint density at radius 3 is 2.65 bits per heavy atom. The van der Waals surface area contributed by atoms with Gasteiger partial charge in [-0.2, -0.15) is 11.8 Å². The summed E-state index contributed by atoms with van der Waals surface area (Å²) in [6.07, 6.45) is 5.16. The minimum Gasteiger partial charge on any atom is -0.493 e. The maximum atomic E-state index is 12.8. The van der Waals surface area contributed by atoms with Crippen molar-refractivity contribution >= 4 is 29.3 Å². The number of aromatic amines is 1. The molecule has 2 N–H and O–H groups in total. The Morgan fingerprint density at radius 1 is 1.31 bits per heavy atom. The van der Waals surface area contributed by atoms with Gasteiger partial charge in [0.2, 0.25) is 5.91 Å². The molecule has 0 bridgehead atoms. The van der Waals surface area contributed by atoms with E-state index in [-0.39, 0.29) is 11.8 Å². The van der Waals surface area contributed by atoms with Crippen LogP contribution < -0.4 is 14.8 Å². The molecule has 0 saturated carbocycles. The largest absolute Gasteiger partial charge is 0.493 e. The lowest BCUT2D eigenvalue weighted by molar-refractivity contribution is -0.113. The summed E-state index contributed by atoms with van der Waals surface area (Å²) in [5.41, 5.74) is 0.761. The third-order valence-corrected chi connectivity index (χ3v) is 4.11. The second-order valence-electron chi connectivity index (χ2n) is 5.44. The van der Waals surface area contributed by atoms with E-state index < -0.39 is 0 Å². The number of thioether (sulfide) groups is 1. The number of ether oxygens (including phenoxy) is 2. The zero-order valence-corrected chi connectivity index (χ0v) is 16.0. The van der Waals surface area contributed by atoms with Crippen molar-refractivity contribution in [2.45, 2.75) is 6.54 Å². The van der Waals surface area contributed by atoms with Crippen molar-refractivity contribution in [2.24, 2.45) is 0 Å². The van der Waals surface area contributed by atoms with Crippen LogP contribution in [0, 0.1) is 0 Å². The molecular formula is C17H22N4O4S. The molecule has 0 aliphatic heterocycles. The lowest BCUT2D eigenvalue weighted by Gasteiger charge is -2.19. The van der Waals surface area contributed by atoms with Gasteiger partial charge in [0.1, 0.15) is 5.82 Å². The predicted molar refractivity (Wildman–Crippen MR) is 101 cm³/mol. The summed E-state index contributed by atoms with van der Waals surface area (Å²) >= 11 is 1.40. The maximum absolute atomic E-state index is 12.8. The monoisotopic (exact) mass is 378 g/mol. The fraction of sp³-hybridized carbons (Fsp3) is 0.353. The highest BCUT2D eigenvalue weighted by molar-refractivity contribution is 7.99. The fourth-order valence-electron chi connectivity index (χ4n) is 2.40. The summed E-state index contributed by atoms with van der Waals surface area (Å²) < 4.78 is 10.7. The topological polar surface area (TPSA) is 96.5 Å². The number of imidazole rings is 1. The third kappa shape index (κ3) is 4.69. The van der Waals surface area contributed by atoms with Crippen LogP contribution in [0.15, 0.2) is 24.5 Å². The van der Waals surface area contributed by atoms with Crippen molar-refractivity contribution in [1.29, 1.82) is 0 Å². The summed E-state index contributed by atoms with van der Waals surface area (Å²) in [6, 6.07) is 3.17. The first kappa shape index (κ1) is 19.6. The van der Waals surface area contributed by atoms with E-state index in [1.165, 1.54) is 30.9 Å². The normalized spacial score (nSPS) is 10.3. The number of nitrogens with zero attached hydrogens (tertiary/aromatic N) is 2. The van der Waals surface area contributed by atoms with Crippen LogP contribution in [-0.2, 0) is 11.3 Å². The van der Waals surface area contributed by atoms with Gasteiger partial charge < -0.3 is 24.7 Å². The molecule has 2 amide bonds. The van der Waals surface area contributed by atoms with Crippen molar-refractivity contribution in [3.63, 3.8) is 0 Å². The number of benzene rings is 1. The number of methoxy groups -OCH3 is 2. The molecule has 1 aromatic heterocycles. The average Bonchev–Trinajstić information content (AvgIpc) is 3.13. The molecule has 0 atom stereocenters. The van der Waals surface area contributed by atoms with Crippen LogP contribution in [0.25, 0.3) is 0 Å². The fourth-order valence-corrected chi connectivity index (χ4v) is 2.73. The molecule has 0 aliphatic carbocycles. The molecule has 0 unspecified atom stereocenters. The van der Waals surface area contributed by atoms with E-state index in [1.807, 2.05) is 6.26 Å². The van der Waals surface area contributed by atoms with Crippen molar-refractivity contribution in [3.05, 3.63) is 35.9 Å². The highest BCUT2D eigenvalue weighted by Gasteiger charge is 2.20. The minimum absolute atomic E-state index is 0.189. The van der Waals surface area contributed by atoms with E-state index in [9.17, 15) is 9.59 Å². The first-order valence-electron chi connectivity index (χ1n) is 7.78. The van der Waals surface area contributed by atoms with Gasteiger partial charge >= 0.3 is 0 Å². The van der Waals surface area contributed by atoms with Crippen LogP contribution in [0.2, 0.25) is 0 Å². The molecule has 1 aromatic carbocycles. The van der Waals surface area contributed by atoms with Gasteiger partial charge in [-0.3, -0.25) is 9.59 Å². The highest BCUT2D eigenvalue weighted by atomic mass is 32.2. The lowest BCUT2D eigenvalue weighted by Crippen LogP contribution is -2.27. The molecule has 140 valence electrons. The molecule has 0 radical (unpaired) electrons. The third-order valence-electron chi connectivity index (χ3n) is 3.56. The Bertz CT molecular complexity index is 764. The molecule has 8 nitrogen and oxygen atoms in total. The summed E-state index contributed by atoms with van der Waals surface area (Å²) in [5, 5.41) is 2.76. The zero-order chi connectivity index (χ0) is 19.1. The second kappa shape index (κ2) is 9.14. The van der Waals surface area contributed by atoms with Gasteiger partial charge in [-0.25, -0.2) is 4.98 Å². The van der Waals surface area contributed by atoms with E-state index in [0.29, 0.717) is 40.9 Å². The highest BCUT2D eigenvalue weighted by Crippen LogP contribution is 2.37. The Kier molecular flexibility index (Phi) is 6.90. The van der Waals surface area contributed by atoms with Crippen molar-refractivity contribution in [2.75, 3.05) is 38.6 Å². The number of hydrogen-bond acceptors (Lipinski definition) is 6. The number of H-pyrrole nitrogens is 1. The van der Waals surface area contributed by atoms with Crippen LogP contribution in [-0.4, -0.2) is 60.0 Å². The number of carbonyl (C=O) groups excluding carboxylic acids is 2. The number of anilines is 1. The van der Waals surface area contributed by atoms with E-state index in [4.69, 9.17) is 9.47 Å². The summed E-state index contributed by atoms with van der Waals surface area (Å²) in [5.74, 6) is 1.28. The summed E-state index contributed by atoms with van der Waals surface area (Å²) in [6.45, 7) is 0.328. The van der Waals surface area contributed by atoms with E-state index in [2.05, 4.69) is 15.3 Å². The molecule has 0 saturated heterocycles. The van der Waals surface area contributed by atoms with E-state index in [0.717, 1.165) is 0 Å². The molecule has 26 heavy (non-hydrogen) atoms. The summed E-state index contributed by atoms with van der Waals surface area (Å²) in [7, 11) is 4.63. The minimum atomic E-state index is -0.234. The molecule has 1 heterocycles. The van der Waals surface area contributed by atoms with Crippen molar-refractivity contribution in [1.82, 2.24) is 14.9 Å². The van der Waals surface area contributed by atoms with Crippen LogP contribution in [0.1, 0.15) is 16.2 Å². The number of nitrogens with one attached hydrogen (secondary N) is 2. The van der Waals surface area contributed by atoms with E-state index in [1.54, 1.807) is 31.6 Å². The van der Waals surface area contributed by atoms with Gasteiger partial charge in [0.15, 0.2) is 11.5 Å². The van der Waals surface area contributed by atoms with Gasteiger partial charge in [0.25, 0.3) is 5.91 Å². The quantitative estimate of drug-likeness (QED) is 0.729. The first-order chi connectivity index (χ1) is 12.5. The van der Waals surface area contributed by atoms with E-state index >= 15 is 0 Å². The molecular weight excluding hydrogens is 356 g/mol. The van der Waals surface area contributed by atoms with Gasteiger partial charge in [0, 0.05) is 25.0 Å². The Hall–Kier alpha value is -2.68. The SMILES string of the molecule is COc1cc(C(=O)N(C)Cc2ncc[nH]2)cc(NC(=O)CSC)c1OC. The molecule has 2 aromatic rings. The Morgan fingerprint density at radius 2 is 2.08 bits per heavy atom. The lowest BCUT2D eigenvalue weighted by atomic mass is 10.1. The van der Waals surface area contributed by atoms with Gasteiger partial charge in [-0.05, 0) is 18.4 Å². The maximum Gasteiger partial charge on any atom is 0.254 e. The molecule has 0 fully saturated rings. The predicted octanol–water partition coefficient (Wildman–Crippen LogP) is 2.00. The number of aromatic nitrogens is 2. The Balaban J connectivity index is 2.31. The number of hydrogen-bond donors (Lipinski definition) is 2. The smallest absolute Gasteiger partial charge is 0.254 e. The Labute approximate surface area is 156 Å². The number of rotatable bonds is 8. The number of carbonyl (C=O) groups is 2. The van der Waals surface area contributed by atoms with Crippen LogP contribution >= 0.6 is 11.8 Å². The summed E-state index contributed by atoms with van der Waals surface area (Å²) in [4.78, 5) is 33.3. The van der Waals surface area contributed by atoms with Crippen molar-refractivity contribution in [3.8, 4) is 11.5 Å². The van der Waals surface area contributed by atoms with Gasteiger partial charge in [-0.15, -0.1) is 0 Å². The molecule has 0 spiro atoms. The standard InChI is InChI=1S/C17H22N4O4S/c1-21(9-14-18-5-6-19-14)17(23)11-7-12(20-15(22)10-26-4)16(25-3)13(8-11)24-2/h5-8H,9-10H2,1-4H3,(H,18,19)(H,20,22). The molecule has 9 heteroatoms. The van der Waals surface area contributed by atoms with Gasteiger partial charge in [-0.1, -0.05) is 0 Å². The van der Waals surface area contributed by atoms with Gasteiger partial charge in [0.05, 0.1) is 32.2 Å². The van der Waals surface area contributed by atoms with Crippen LogP contribution in [0.5, 0.6) is 11.5 Å². The number of amides is 2. The van der Waals surface area contributed by atoms with Crippen LogP contribution in [0.4, 0.5) is 5.69 Å².